The zero-order chi connectivity index (χ0) is 18.2. The first-order chi connectivity index (χ1) is 12.0. The lowest BCUT2D eigenvalue weighted by Gasteiger charge is -2.10. The first kappa shape index (κ1) is 18.1. The molecule has 0 aliphatic heterocycles. The smallest absolute Gasteiger partial charge is 0.353 e. The fourth-order valence-corrected chi connectivity index (χ4v) is 2.13. The van der Waals surface area contributed by atoms with Crippen molar-refractivity contribution in [1.82, 2.24) is 9.97 Å². The zero-order valence-corrected chi connectivity index (χ0v) is 14.1. The number of unbranched alkanes of at least 4 members (excludes halogenated alkanes) is 1. The van der Waals surface area contributed by atoms with Crippen LogP contribution in [0, 0.1) is 10.1 Å². The summed E-state index contributed by atoms with van der Waals surface area (Å²) >= 11 is 0. The molecule has 0 saturated carbocycles. The second-order valence-electron chi connectivity index (χ2n) is 5.34. The van der Waals surface area contributed by atoms with E-state index in [1.165, 1.54) is 13.3 Å². The van der Waals surface area contributed by atoms with Gasteiger partial charge in [0.2, 0.25) is 17.5 Å². The fourth-order valence-electron chi connectivity index (χ4n) is 2.13. The van der Waals surface area contributed by atoms with Crippen LogP contribution in [0.25, 0.3) is 0 Å². The molecule has 1 aromatic carbocycles. The Balaban J connectivity index is 2.21. The van der Waals surface area contributed by atoms with E-state index in [1.54, 1.807) is 24.3 Å². The molecule has 0 atom stereocenters. The van der Waals surface area contributed by atoms with E-state index in [9.17, 15) is 14.9 Å². The van der Waals surface area contributed by atoms with Gasteiger partial charge in [-0.1, -0.05) is 13.3 Å². The quantitative estimate of drug-likeness (QED) is 0.381. The number of amides is 1. The zero-order valence-electron chi connectivity index (χ0n) is 14.1. The van der Waals surface area contributed by atoms with Crippen molar-refractivity contribution < 1.29 is 9.72 Å². The van der Waals surface area contributed by atoms with Crippen LogP contribution in [0.5, 0.6) is 0 Å². The molecule has 0 radical (unpaired) electrons. The van der Waals surface area contributed by atoms with E-state index in [1.807, 2.05) is 6.92 Å². The molecule has 132 valence electrons. The van der Waals surface area contributed by atoms with Crippen molar-refractivity contribution in [2.75, 3.05) is 22.5 Å². The molecule has 0 aliphatic carbocycles. The second-order valence-corrected chi connectivity index (χ2v) is 5.34. The molecule has 0 unspecified atom stereocenters. The summed E-state index contributed by atoms with van der Waals surface area (Å²) in [5, 5.41) is 20.0. The number of benzene rings is 1. The number of anilines is 4. The van der Waals surface area contributed by atoms with E-state index < -0.39 is 4.92 Å². The van der Waals surface area contributed by atoms with Gasteiger partial charge >= 0.3 is 5.69 Å². The molecule has 2 rings (SSSR count). The van der Waals surface area contributed by atoms with E-state index >= 15 is 0 Å². The molecular formula is C16H20N6O3. The van der Waals surface area contributed by atoms with E-state index in [0.29, 0.717) is 17.9 Å². The Bertz CT molecular complexity index is 748. The van der Waals surface area contributed by atoms with E-state index in [2.05, 4.69) is 25.9 Å². The Morgan fingerprint density at radius 1 is 1.16 bits per heavy atom. The summed E-state index contributed by atoms with van der Waals surface area (Å²) in [6.45, 7) is 4.05. The Morgan fingerprint density at radius 2 is 1.80 bits per heavy atom. The lowest BCUT2D eigenvalue weighted by molar-refractivity contribution is -0.383. The molecule has 2 aromatic rings. The number of hydrogen-bond donors (Lipinski definition) is 3. The molecule has 9 heteroatoms. The first-order valence-corrected chi connectivity index (χ1v) is 7.89. The van der Waals surface area contributed by atoms with Crippen molar-refractivity contribution in [2.24, 2.45) is 0 Å². The number of aromatic nitrogens is 2. The third-order valence-corrected chi connectivity index (χ3v) is 3.30. The predicted molar refractivity (Wildman–Crippen MR) is 96.1 cm³/mol. The molecule has 0 saturated heterocycles. The lowest BCUT2D eigenvalue weighted by atomic mass is 10.2. The molecular weight excluding hydrogens is 324 g/mol. The molecule has 0 aliphatic rings. The van der Waals surface area contributed by atoms with Crippen molar-refractivity contribution in [3.05, 3.63) is 40.7 Å². The van der Waals surface area contributed by atoms with Gasteiger partial charge in [0.25, 0.3) is 0 Å². The van der Waals surface area contributed by atoms with Crippen LogP contribution in [0.4, 0.5) is 28.7 Å². The van der Waals surface area contributed by atoms with Crippen molar-refractivity contribution in [2.45, 2.75) is 26.7 Å². The highest BCUT2D eigenvalue weighted by molar-refractivity contribution is 5.89. The Kier molecular flexibility index (Phi) is 6.21. The van der Waals surface area contributed by atoms with Crippen LogP contribution in [0.1, 0.15) is 26.7 Å². The minimum atomic E-state index is -0.512. The maximum absolute atomic E-state index is 11.4. The number of hydrogen-bond acceptors (Lipinski definition) is 7. The average Bonchev–Trinajstić information content (AvgIpc) is 2.56. The second kappa shape index (κ2) is 8.57. The van der Waals surface area contributed by atoms with E-state index in [4.69, 9.17) is 0 Å². The summed E-state index contributed by atoms with van der Waals surface area (Å²) in [4.78, 5) is 29.9. The minimum Gasteiger partial charge on any atom is -0.364 e. The lowest BCUT2D eigenvalue weighted by Crippen LogP contribution is -2.09. The summed E-state index contributed by atoms with van der Waals surface area (Å²) in [5.41, 5.74) is 1.04. The minimum absolute atomic E-state index is 0.103. The highest BCUT2D eigenvalue weighted by Gasteiger charge is 2.22. The topological polar surface area (TPSA) is 122 Å². The van der Waals surface area contributed by atoms with Crippen LogP contribution in [-0.2, 0) is 4.79 Å². The Hall–Kier alpha value is -3.23. The molecule has 1 heterocycles. The maximum atomic E-state index is 11.4. The number of nitrogens with one attached hydrogen (secondary N) is 3. The summed E-state index contributed by atoms with van der Waals surface area (Å²) < 4.78 is 0. The van der Waals surface area contributed by atoms with Crippen LogP contribution in [0.15, 0.2) is 30.6 Å². The molecule has 3 N–H and O–H groups in total. The van der Waals surface area contributed by atoms with Gasteiger partial charge in [-0.2, -0.15) is 0 Å². The largest absolute Gasteiger partial charge is 0.364 e. The van der Waals surface area contributed by atoms with Gasteiger partial charge in [0.15, 0.2) is 0 Å². The van der Waals surface area contributed by atoms with E-state index in [0.717, 1.165) is 12.8 Å². The van der Waals surface area contributed by atoms with Crippen LogP contribution in [0.2, 0.25) is 0 Å². The van der Waals surface area contributed by atoms with E-state index in [-0.39, 0.29) is 23.2 Å². The Labute approximate surface area is 145 Å². The normalized spacial score (nSPS) is 10.2. The molecule has 0 bridgehead atoms. The molecule has 0 fully saturated rings. The fraction of sp³-hybridized carbons (Fsp3) is 0.312. The summed E-state index contributed by atoms with van der Waals surface area (Å²) in [6.07, 6.45) is 3.13. The van der Waals surface area contributed by atoms with Gasteiger partial charge in [-0.3, -0.25) is 14.9 Å². The Morgan fingerprint density at radius 3 is 2.40 bits per heavy atom. The third kappa shape index (κ3) is 5.13. The van der Waals surface area contributed by atoms with Crippen molar-refractivity contribution in [1.29, 1.82) is 0 Å². The van der Waals surface area contributed by atoms with Gasteiger partial charge in [-0.15, -0.1) is 0 Å². The van der Waals surface area contributed by atoms with Crippen LogP contribution in [0.3, 0.4) is 0 Å². The number of nitrogens with zero attached hydrogens (tertiary/aromatic N) is 3. The monoisotopic (exact) mass is 344 g/mol. The summed E-state index contributed by atoms with van der Waals surface area (Å²) in [5.74, 6) is 0.118. The number of carbonyl (C=O) groups excluding carboxylic acids is 1. The van der Waals surface area contributed by atoms with Crippen LogP contribution < -0.4 is 16.0 Å². The average molecular weight is 344 g/mol. The van der Waals surface area contributed by atoms with Gasteiger partial charge in [0.05, 0.1) is 4.92 Å². The third-order valence-electron chi connectivity index (χ3n) is 3.30. The highest BCUT2D eigenvalue weighted by atomic mass is 16.6. The van der Waals surface area contributed by atoms with Crippen molar-refractivity contribution >= 4 is 34.6 Å². The summed E-state index contributed by atoms with van der Waals surface area (Å²) in [6, 6.07) is 6.77. The van der Waals surface area contributed by atoms with Crippen molar-refractivity contribution in [3.8, 4) is 0 Å². The van der Waals surface area contributed by atoms with Gasteiger partial charge in [-0.05, 0) is 30.7 Å². The van der Waals surface area contributed by atoms with Crippen LogP contribution in [-0.4, -0.2) is 27.3 Å². The molecule has 1 amide bonds. The number of carbonyl (C=O) groups is 1. The SMILES string of the molecule is CCCCNc1ncnc(Nc2ccc(NC(C)=O)cc2)c1[N+](=O)[O-]. The molecule has 0 spiro atoms. The van der Waals surface area contributed by atoms with Gasteiger partial charge < -0.3 is 16.0 Å². The number of rotatable bonds is 8. The number of nitro groups is 1. The first-order valence-electron chi connectivity index (χ1n) is 7.89. The molecule has 25 heavy (non-hydrogen) atoms. The van der Waals surface area contributed by atoms with Gasteiger partial charge in [0.1, 0.15) is 6.33 Å². The van der Waals surface area contributed by atoms with Crippen molar-refractivity contribution in [3.63, 3.8) is 0 Å². The highest BCUT2D eigenvalue weighted by Crippen LogP contribution is 2.31. The molecule has 9 nitrogen and oxygen atoms in total. The molecule has 1 aromatic heterocycles. The predicted octanol–water partition coefficient (Wildman–Crippen LogP) is 3.30. The van der Waals surface area contributed by atoms with Crippen LogP contribution >= 0.6 is 0 Å². The maximum Gasteiger partial charge on any atom is 0.353 e. The summed E-state index contributed by atoms with van der Waals surface area (Å²) in [7, 11) is 0. The standard InChI is InChI=1S/C16H20N6O3/c1-3-4-9-17-15-14(22(24)25)16(19-10-18-15)21-13-7-5-12(6-8-13)20-11(2)23/h5-8,10H,3-4,9H2,1-2H3,(H,20,23)(H2,17,18,19,21). The van der Waals surface area contributed by atoms with Gasteiger partial charge in [-0.25, -0.2) is 9.97 Å². The van der Waals surface area contributed by atoms with Gasteiger partial charge in [0, 0.05) is 24.8 Å².